The van der Waals surface area contributed by atoms with Gasteiger partial charge in [0.25, 0.3) is 5.95 Å². The van der Waals surface area contributed by atoms with Crippen LogP contribution in [0.1, 0.15) is 60.8 Å². The number of sulfone groups is 1. The Morgan fingerprint density at radius 1 is 1.09 bits per heavy atom. The lowest BCUT2D eigenvalue weighted by Crippen LogP contribution is -2.53. The number of aromatic nitrogens is 6. The van der Waals surface area contributed by atoms with E-state index < -0.39 is 26.9 Å². The van der Waals surface area contributed by atoms with E-state index in [2.05, 4.69) is 23.9 Å². The number of rotatable bonds is 9. The molecule has 1 aromatic carbocycles. The number of halogens is 2. The van der Waals surface area contributed by atoms with Crippen molar-refractivity contribution >= 4 is 9.84 Å². The molecule has 44 heavy (non-hydrogen) atoms. The summed E-state index contributed by atoms with van der Waals surface area (Å²) in [5.41, 5.74) is 3.86. The zero-order valence-electron chi connectivity index (χ0n) is 24.9. The van der Waals surface area contributed by atoms with Crippen molar-refractivity contribution in [2.75, 3.05) is 25.7 Å². The van der Waals surface area contributed by atoms with Crippen molar-refractivity contribution in [2.45, 2.75) is 50.9 Å². The quantitative estimate of drug-likeness (QED) is 0.272. The molecule has 4 aliphatic carbocycles. The minimum atomic E-state index is -3.16. The summed E-state index contributed by atoms with van der Waals surface area (Å²) in [6.07, 6.45) is 7.44. The fourth-order valence-electron chi connectivity index (χ4n) is 9.88. The number of methoxy groups -OCH3 is 1. The number of hydrogen-bond acceptors (Lipinski definition) is 8. The Bertz CT molecular complexity index is 1970. The van der Waals surface area contributed by atoms with Crippen LogP contribution < -0.4 is 0 Å². The lowest BCUT2D eigenvalue weighted by atomic mass is 9.49. The predicted octanol–water partition coefficient (Wildman–Crippen LogP) is 4.38. The van der Waals surface area contributed by atoms with E-state index in [4.69, 9.17) is 19.9 Å². The van der Waals surface area contributed by atoms with Crippen molar-refractivity contribution in [1.29, 1.82) is 0 Å². The van der Waals surface area contributed by atoms with Gasteiger partial charge in [0.05, 0.1) is 46.1 Å². The number of fused-ring (bicyclic) bond motifs is 4. The first-order valence-corrected chi connectivity index (χ1v) is 16.9. The van der Waals surface area contributed by atoms with Gasteiger partial charge in [-0.1, -0.05) is 19.9 Å². The van der Waals surface area contributed by atoms with Gasteiger partial charge in [-0.25, -0.2) is 31.8 Å². The highest BCUT2D eigenvalue weighted by Gasteiger charge is 3.05. The average molecular weight is 619 g/mol. The van der Waals surface area contributed by atoms with E-state index in [9.17, 15) is 17.2 Å². The maximum absolute atomic E-state index is 14.7. The summed E-state index contributed by atoms with van der Waals surface area (Å²) in [4.78, 5) is 9.65. The molecule has 3 heterocycles. The molecule has 228 valence electrons. The number of benzene rings is 1. The fourth-order valence-corrected chi connectivity index (χ4v) is 10.5. The lowest BCUT2D eigenvalue weighted by molar-refractivity contribution is 0.0308. The van der Waals surface area contributed by atoms with Gasteiger partial charge in [-0.3, -0.25) is 0 Å². The molecule has 0 radical (unpaired) electrons. The van der Waals surface area contributed by atoms with Gasteiger partial charge in [-0.05, 0) is 71.4 Å². The third-order valence-corrected chi connectivity index (χ3v) is 12.5. The van der Waals surface area contributed by atoms with Crippen molar-refractivity contribution in [2.24, 2.45) is 16.2 Å². The van der Waals surface area contributed by atoms with Crippen LogP contribution in [0.15, 0.2) is 42.7 Å². The highest BCUT2D eigenvalue weighted by molar-refractivity contribution is 7.90. The lowest BCUT2D eigenvalue weighted by Gasteiger charge is -2.53. The van der Waals surface area contributed by atoms with E-state index in [1.54, 1.807) is 24.2 Å². The van der Waals surface area contributed by atoms with Crippen LogP contribution in [0.5, 0.6) is 0 Å². The highest BCUT2D eigenvalue weighted by atomic mass is 32.2. The topological polar surface area (TPSA) is 113 Å². The second-order valence-electron chi connectivity index (χ2n) is 13.4. The molecule has 4 aromatic rings. The first-order valence-electron chi connectivity index (χ1n) is 14.8. The Morgan fingerprint density at radius 3 is 2.55 bits per heavy atom. The fraction of sp³-hybridized carbons (Fsp3) is 0.469. The summed E-state index contributed by atoms with van der Waals surface area (Å²) in [6, 6.07) is 7.60. The van der Waals surface area contributed by atoms with Crippen molar-refractivity contribution in [3.05, 3.63) is 82.6 Å². The van der Waals surface area contributed by atoms with Crippen LogP contribution in [0.2, 0.25) is 0 Å². The summed E-state index contributed by atoms with van der Waals surface area (Å²) in [5, 5.41) is 13.9. The molecular formula is C32H32F2N6O3S. The standard InChI is InChI=1S/C32H32F2N6O3S/c1-29-15-20-19-14-24(26-21(33)6-5-7-22(26)34)37-38-27(19)31(17-30(29,2)32(20,29)31)25-8-11-35-28(36-25)40-16-18(10-13-44(4,41)42)23(39-40)9-12-43-3/h5-8,11,14,16,20H,9-10,12-13,15,17H2,1-4H3/t20-,29?,30?,31-,32?/m0/s1. The van der Waals surface area contributed by atoms with Crippen LogP contribution in [0.4, 0.5) is 8.78 Å². The van der Waals surface area contributed by atoms with Gasteiger partial charge < -0.3 is 4.74 Å². The zero-order chi connectivity index (χ0) is 30.9. The normalized spacial score (nSPS) is 30.6. The number of nitrogens with zero attached hydrogens (tertiary/aromatic N) is 6. The molecule has 9 nitrogen and oxygen atoms in total. The van der Waals surface area contributed by atoms with Crippen molar-refractivity contribution < 1.29 is 21.9 Å². The summed E-state index contributed by atoms with van der Waals surface area (Å²) >= 11 is 0. The van der Waals surface area contributed by atoms with Crippen LogP contribution in [0.25, 0.3) is 17.2 Å². The van der Waals surface area contributed by atoms with Gasteiger partial charge in [-0.15, -0.1) is 5.10 Å². The molecule has 3 fully saturated rings. The number of aryl methyl sites for hydroxylation is 1. The summed E-state index contributed by atoms with van der Waals surface area (Å²) in [6.45, 7) is 5.13. The van der Waals surface area contributed by atoms with E-state index in [1.165, 1.54) is 24.5 Å². The van der Waals surface area contributed by atoms with Crippen LogP contribution in [0, 0.1) is 27.9 Å². The molecule has 0 bridgehead atoms. The maximum atomic E-state index is 14.7. The second-order valence-corrected chi connectivity index (χ2v) is 15.6. The van der Waals surface area contributed by atoms with Crippen LogP contribution in [0.3, 0.4) is 0 Å². The van der Waals surface area contributed by atoms with E-state index in [-0.39, 0.29) is 39.2 Å². The smallest absolute Gasteiger partial charge is 0.250 e. The van der Waals surface area contributed by atoms with Crippen molar-refractivity contribution in [3.8, 4) is 17.2 Å². The van der Waals surface area contributed by atoms with Gasteiger partial charge in [0, 0.05) is 37.6 Å². The third kappa shape index (κ3) is 3.15. The van der Waals surface area contributed by atoms with Crippen molar-refractivity contribution in [1.82, 2.24) is 29.9 Å². The molecule has 5 atom stereocenters. The van der Waals surface area contributed by atoms with Gasteiger partial charge >= 0.3 is 0 Å². The largest absolute Gasteiger partial charge is 0.384 e. The third-order valence-electron chi connectivity index (χ3n) is 11.6. The molecule has 3 saturated carbocycles. The number of ether oxygens (including phenoxy) is 1. The summed E-state index contributed by atoms with van der Waals surface area (Å²) in [7, 11) is -1.55. The minimum absolute atomic E-state index is 0.0119. The monoisotopic (exact) mass is 618 g/mol. The first-order chi connectivity index (χ1) is 20.9. The minimum Gasteiger partial charge on any atom is -0.384 e. The molecule has 3 unspecified atom stereocenters. The molecule has 0 aliphatic heterocycles. The van der Waals surface area contributed by atoms with E-state index in [0.717, 1.165) is 41.1 Å². The summed E-state index contributed by atoms with van der Waals surface area (Å²) in [5.74, 6) is -0.739. The predicted molar refractivity (Wildman–Crippen MR) is 157 cm³/mol. The van der Waals surface area contributed by atoms with E-state index in [1.807, 2.05) is 12.1 Å². The van der Waals surface area contributed by atoms with Crippen LogP contribution >= 0.6 is 0 Å². The van der Waals surface area contributed by atoms with E-state index >= 15 is 0 Å². The Hall–Kier alpha value is -3.64. The molecule has 0 N–H and O–H groups in total. The first kappa shape index (κ1) is 27.9. The van der Waals surface area contributed by atoms with Crippen molar-refractivity contribution in [3.63, 3.8) is 0 Å². The van der Waals surface area contributed by atoms with E-state index in [0.29, 0.717) is 25.4 Å². The maximum Gasteiger partial charge on any atom is 0.250 e. The molecule has 0 saturated heterocycles. The Morgan fingerprint density at radius 2 is 1.86 bits per heavy atom. The van der Waals surface area contributed by atoms with Gasteiger partial charge in [-0.2, -0.15) is 10.2 Å². The molecule has 4 aliphatic rings. The summed E-state index contributed by atoms with van der Waals surface area (Å²) < 4.78 is 60.2. The highest BCUT2D eigenvalue weighted by Crippen LogP contribution is 3.08. The number of hydrogen-bond donors (Lipinski definition) is 0. The Kier molecular flexibility index (Phi) is 5.54. The molecular weight excluding hydrogens is 586 g/mol. The molecule has 3 aromatic heterocycles. The van der Waals surface area contributed by atoms with Gasteiger partial charge in [0.15, 0.2) is 0 Å². The SMILES string of the molecule is COCCc1nn(-c2nccc([C@@]34CC5(C)C6(C)C[C@@H](c7cc(-c8c(F)cccc8F)nnc73)C654)n2)cc1CCS(C)(=O)=O. The van der Waals surface area contributed by atoms with Gasteiger partial charge in [0.1, 0.15) is 21.5 Å². The Balaban J connectivity index is 1.23. The molecule has 1 spiro atoms. The molecule has 12 heteroatoms. The van der Waals surface area contributed by atoms with Gasteiger partial charge in [0.2, 0.25) is 0 Å². The molecule has 0 amide bonds. The zero-order valence-corrected chi connectivity index (χ0v) is 25.8. The second kappa shape index (κ2) is 8.75. The molecule has 8 rings (SSSR count). The van der Waals surface area contributed by atoms with Crippen LogP contribution in [-0.2, 0) is 32.8 Å². The Labute approximate surface area is 254 Å². The average Bonchev–Trinajstić information content (AvgIpc) is 3.31. The van der Waals surface area contributed by atoms with Crippen LogP contribution in [-0.4, -0.2) is 64.1 Å².